The summed E-state index contributed by atoms with van der Waals surface area (Å²) < 4.78 is 11.3. The molecule has 0 unspecified atom stereocenters. The molecule has 1 aliphatic heterocycles. The van der Waals surface area contributed by atoms with E-state index in [0.717, 1.165) is 29.0 Å². The number of hydrogen-bond donors (Lipinski definition) is 1. The fourth-order valence-corrected chi connectivity index (χ4v) is 2.33. The first-order valence-electron chi connectivity index (χ1n) is 7.02. The van der Waals surface area contributed by atoms with Gasteiger partial charge in [-0.15, -0.1) is 0 Å². The number of anilines is 1. The maximum Gasteiger partial charge on any atom is 0.262 e. The van der Waals surface area contributed by atoms with Crippen LogP contribution in [-0.2, 0) is 17.8 Å². The minimum Gasteiger partial charge on any atom is -0.489 e. The predicted octanol–water partition coefficient (Wildman–Crippen LogP) is 3.16. The molecular formula is C17H17NO3. The number of ether oxygens (including phenoxy) is 2. The minimum atomic E-state index is -0.134. The minimum absolute atomic E-state index is 0.0736. The third kappa shape index (κ3) is 2.99. The van der Waals surface area contributed by atoms with E-state index >= 15 is 0 Å². The number of fused-ring (bicyclic) bond motifs is 1. The van der Waals surface area contributed by atoms with Crippen molar-refractivity contribution in [3.8, 4) is 11.5 Å². The Hall–Kier alpha value is -2.49. The topological polar surface area (TPSA) is 47.6 Å². The average molecular weight is 283 g/mol. The molecule has 0 atom stereocenters. The van der Waals surface area contributed by atoms with Crippen LogP contribution in [-0.4, -0.2) is 12.5 Å². The highest BCUT2D eigenvalue weighted by atomic mass is 16.5. The first kappa shape index (κ1) is 13.5. The molecule has 0 saturated carbocycles. The lowest BCUT2D eigenvalue weighted by molar-refractivity contribution is -0.118. The van der Waals surface area contributed by atoms with Gasteiger partial charge in [0, 0.05) is 6.07 Å². The number of benzene rings is 2. The second-order valence-corrected chi connectivity index (χ2v) is 4.92. The Labute approximate surface area is 123 Å². The van der Waals surface area contributed by atoms with Crippen LogP contribution < -0.4 is 14.8 Å². The summed E-state index contributed by atoms with van der Waals surface area (Å²) in [5, 5.41) is 2.83. The summed E-state index contributed by atoms with van der Waals surface area (Å²) in [5.74, 6) is 1.36. The number of nitrogens with one attached hydrogen (secondary N) is 1. The molecule has 0 bridgehead atoms. The van der Waals surface area contributed by atoms with Crippen molar-refractivity contribution in [1.29, 1.82) is 0 Å². The molecular weight excluding hydrogens is 266 g/mol. The average Bonchev–Trinajstić information content (AvgIpc) is 2.52. The number of carbonyl (C=O) groups excluding carboxylic acids is 1. The van der Waals surface area contributed by atoms with Crippen LogP contribution in [0.2, 0.25) is 0 Å². The molecule has 1 heterocycles. The van der Waals surface area contributed by atoms with Crippen LogP contribution in [0.1, 0.15) is 18.1 Å². The van der Waals surface area contributed by atoms with Gasteiger partial charge in [0.15, 0.2) is 6.61 Å². The fraction of sp³-hybridized carbons (Fsp3) is 0.235. The van der Waals surface area contributed by atoms with Gasteiger partial charge in [-0.25, -0.2) is 0 Å². The van der Waals surface area contributed by atoms with Crippen molar-refractivity contribution in [1.82, 2.24) is 0 Å². The number of amides is 1. The summed E-state index contributed by atoms with van der Waals surface area (Å²) in [7, 11) is 0. The van der Waals surface area contributed by atoms with Gasteiger partial charge in [0.05, 0.1) is 5.69 Å². The van der Waals surface area contributed by atoms with Gasteiger partial charge in [0.2, 0.25) is 0 Å². The van der Waals surface area contributed by atoms with Crippen molar-refractivity contribution in [2.45, 2.75) is 20.0 Å². The lowest BCUT2D eigenvalue weighted by Crippen LogP contribution is -2.26. The smallest absolute Gasteiger partial charge is 0.262 e. The summed E-state index contributed by atoms with van der Waals surface area (Å²) in [6.45, 7) is 2.62. The van der Waals surface area contributed by atoms with Crippen LogP contribution in [0.25, 0.3) is 0 Å². The summed E-state index contributed by atoms with van der Waals surface area (Å²) in [5.41, 5.74) is 2.83. The van der Waals surface area contributed by atoms with E-state index in [0.29, 0.717) is 12.3 Å². The molecule has 4 nitrogen and oxygen atoms in total. The highest BCUT2D eigenvalue weighted by Crippen LogP contribution is 2.36. The number of hydrogen-bond acceptors (Lipinski definition) is 3. The van der Waals surface area contributed by atoms with E-state index in [4.69, 9.17) is 9.47 Å². The normalized spacial score (nSPS) is 13.1. The molecule has 1 aliphatic rings. The Morgan fingerprint density at radius 1 is 1.24 bits per heavy atom. The molecule has 0 spiro atoms. The third-order valence-corrected chi connectivity index (χ3v) is 3.39. The lowest BCUT2D eigenvalue weighted by atomic mass is 10.1. The van der Waals surface area contributed by atoms with Gasteiger partial charge >= 0.3 is 0 Å². The lowest BCUT2D eigenvalue weighted by Gasteiger charge is -2.21. The van der Waals surface area contributed by atoms with E-state index in [1.54, 1.807) is 0 Å². The van der Waals surface area contributed by atoms with Gasteiger partial charge in [-0.3, -0.25) is 4.79 Å². The van der Waals surface area contributed by atoms with Gasteiger partial charge in [0.1, 0.15) is 18.1 Å². The van der Waals surface area contributed by atoms with Crippen molar-refractivity contribution in [3.05, 3.63) is 53.6 Å². The zero-order valence-electron chi connectivity index (χ0n) is 11.9. The van der Waals surface area contributed by atoms with Crippen LogP contribution in [0, 0.1) is 0 Å². The number of rotatable bonds is 4. The van der Waals surface area contributed by atoms with Crippen molar-refractivity contribution >= 4 is 11.6 Å². The van der Waals surface area contributed by atoms with E-state index in [2.05, 4.69) is 12.2 Å². The second-order valence-electron chi connectivity index (χ2n) is 4.92. The molecule has 3 rings (SSSR count). The molecule has 2 aromatic carbocycles. The molecule has 0 fully saturated rings. The Morgan fingerprint density at radius 3 is 2.81 bits per heavy atom. The Bertz CT molecular complexity index is 653. The number of aryl methyl sites for hydroxylation is 1. The zero-order valence-corrected chi connectivity index (χ0v) is 11.9. The summed E-state index contributed by atoms with van der Waals surface area (Å²) in [6.07, 6.45) is 0.820. The maximum absolute atomic E-state index is 11.4. The zero-order chi connectivity index (χ0) is 14.7. The van der Waals surface area contributed by atoms with Crippen LogP contribution in [0.3, 0.4) is 0 Å². The predicted molar refractivity (Wildman–Crippen MR) is 80.7 cm³/mol. The Morgan fingerprint density at radius 2 is 2.05 bits per heavy atom. The van der Waals surface area contributed by atoms with Gasteiger partial charge in [-0.05, 0) is 23.6 Å². The van der Waals surface area contributed by atoms with E-state index < -0.39 is 0 Å². The van der Waals surface area contributed by atoms with Crippen molar-refractivity contribution in [2.24, 2.45) is 0 Å². The summed E-state index contributed by atoms with van der Waals surface area (Å²) in [6, 6.07) is 13.8. The van der Waals surface area contributed by atoms with E-state index in [1.807, 2.05) is 42.5 Å². The molecule has 2 aromatic rings. The van der Waals surface area contributed by atoms with E-state index in [1.165, 1.54) is 0 Å². The highest BCUT2D eigenvalue weighted by molar-refractivity contribution is 5.96. The number of carbonyl (C=O) groups is 1. The second kappa shape index (κ2) is 5.87. The third-order valence-electron chi connectivity index (χ3n) is 3.39. The van der Waals surface area contributed by atoms with Gasteiger partial charge in [-0.1, -0.05) is 37.3 Å². The highest BCUT2D eigenvalue weighted by Gasteiger charge is 2.20. The molecule has 21 heavy (non-hydrogen) atoms. The van der Waals surface area contributed by atoms with Crippen LogP contribution in [0.4, 0.5) is 5.69 Å². The summed E-state index contributed by atoms with van der Waals surface area (Å²) >= 11 is 0. The monoisotopic (exact) mass is 283 g/mol. The quantitative estimate of drug-likeness (QED) is 0.937. The SMILES string of the molecule is CCc1cc(OCc2ccccc2)cc2c1OCC(=O)N2. The summed E-state index contributed by atoms with van der Waals surface area (Å²) in [4.78, 5) is 11.4. The molecule has 1 N–H and O–H groups in total. The van der Waals surface area contributed by atoms with Crippen molar-refractivity contribution in [3.63, 3.8) is 0 Å². The molecule has 108 valence electrons. The van der Waals surface area contributed by atoms with Crippen LogP contribution >= 0.6 is 0 Å². The first-order valence-corrected chi connectivity index (χ1v) is 7.02. The van der Waals surface area contributed by atoms with Crippen LogP contribution in [0.15, 0.2) is 42.5 Å². The molecule has 1 amide bonds. The van der Waals surface area contributed by atoms with Crippen molar-refractivity contribution < 1.29 is 14.3 Å². The maximum atomic E-state index is 11.4. The fourth-order valence-electron chi connectivity index (χ4n) is 2.33. The molecule has 0 aromatic heterocycles. The van der Waals surface area contributed by atoms with Crippen molar-refractivity contribution in [2.75, 3.05) is 11.9 Å². The van der Waals surface area contributed by atoms with Gasteiger partial charge in [0.25, 0.3) is 5.91 Å². The Balaban J connectivity index is 1.82. The first-order chi connectivity index (χ1) is 10.3. The van der Waals surface area contributed by atoms with Gasteiger partial charge in [-0.2, -0.15) is 0 Å². The van der Waals surface area contributed by atoms with Crippen LogP contribution in [0.5, 0.6) is 11.5 Å². The standard InChI is InChI=1S/C17H17NO3/c1-2-13-8-14(20-10-12-6-4-3-5-7-12)9-15-17(13)21-11-16(19)18-15/h3-9H,2,10-11H2,1H3,(H,18,19). The van der Waals surface area contributed by atoms with E-state index in [9.17, 15) is 4.79 Å². The largest absolute Gasteiger partial charge is 0.489 e. The molecule has 4 heteroatoms. The van der Waals surface area contributed by atoms with E-state index in [-0.39, 0.29) is 12.5 Å². The van der Waals surface area contributed by atoms with Gasteiger partial charge < -0.3 is 14.8 Å². The molecule has 0 radical (unpaired) electrons. The molecule has 0 aliphatic carbocycles. The Kier molecular flexibility index (Phi) is 3.77. The molecule has 0 saturated heterocycles.